The van der Waals surface area contributed by atoms with E-state index in [1.54, 1.807) is 18.2 Å². The Morgan fingerprint density at radius 3 is 2.46 bits per heavy atom. The maximum Gasteiger partial charge on any atom is 0.281 e. The number of nitrogens with zero attached hydrogens (tertiary/aromatic N) is 4. The summed E-state index contributed by atoms with van der Waals surface area (Å²) in [6.45, 7) is 10.8. The van der Waals surface area contributed by atoms with Gasteiger partial charge in [-0.2, -0.15) is 8.42 Å². The van der Waals surface area contributed by atoms with Gasteiger partial charge in [-0.25, -0.2) is 19.7 Å². The molecule has 0 aromatic carbocycles. The van der Waals surface area contributed by atoms with Crippen LogP contribution in [0.5, 0.6) is 5.88 Å². The molecular weight excluding hydrogens is 492 g/mol. The average molecular weight is 527 g/mol. The Balaban J connectivity index is 0.00000400. The van der Waals surface area contributed by atoms with Gasteiger partial charge < -0.3 is 15.4 Å². The van der Waals surface area contributed by atoms with Crippen molar-refractivity contribution in [1.82, 2.24) is 19.7 Å². The zero-order chi connectivity index (χ0) is 27.0. The minimum Gasteiger partial charge on any atom is -0.475 e. The molecule has 10 nitrogen and oxygen atoms in total. The summed E-state index contributed by atoms with van der Waals surface area (Å²) in [5.74, 6) is 0.438. The third kappa shape index (κ3) is 5.82. The number of anilines is 2. The summed E-state index contributed by atoms with van der Waals surface area (Å²) in [4.78, 5) is 28.6. The number of nitrogens with one attached hydrogen (secondary N) is 1. The summed E-state index contributed by atoms with van der Waals surface area (Å²) < 4.78 is 33.6. The highest BCUT2D eigenvalue weighted by Crippen LogP contribution is 2.38. The lowest BCUT2D eigenvalue weighted by Gasteiger charge is -2.34. The molecular formula is C26H34N6O4S. The summed E-state index contributed by atoms with van der Waals surface area (Å²) >= 11 is 0. The number of carbonyl (C=O) groups excluding carboxylic acids is 1. The zero-order valence-electron chi connectivity index (χ0n) is 21.6. The first kappa shape index (κ1) is 26.3. The zero-order valence-corrected chi connectivity index (χ0v) is 22.4. The van der Waals surface area contributed by atoms with Crippen LogP contribution in [-0.2, 0) is 10.0 Å². The van der Waals surface area contributed by atoms with Crippen LogP contribution in [0, 0.1) is 5.92 Å². The Labute approximate surface area is 218 Å². The Kier molecular flexibility index (Phi) is 7.09. The molecule has 3 aromatic rings. The van der Waals surface area contributed by atoms with Gasteiger partial charge in [0.1, 0.15) is 11.6 Å². The van der Waals surface area contributed by atoms with Gasteiger partial charge in [0.2, 0.25) is 5.88 Å². The molecule has 0 spiro atoms. The molecule has 1 fully saturated rings. The molecule has 0 aliphatic carbocycles. The van der Waals surface area contributed by atoms with Gasteiger partial charge in [-0.1, -0.05) is 19.1 Å². The van der Waals surface area contributed by atoms with Crippen LogP contribution in [-0.4, -0.2) is 47.5 Å². The molecule has 198 valence electrons. The van der Waals surface area contributed by atoms with E-state index in [1.165, 1.54) is 18.2 Å². The number of aromatic nitrogens is 3. The van der Waals surface area contributed by atoms with Crippen LogP contribution in [0.3, 0.4) is 0 Å². The molecule has 1 saturated heterocycles. The topological polar surface area (TPSA) is 140 Å². The van der Waals surface area contributed by atoms with E-state index in [2.05, 4.69) is 40.4 Å². The summed E-state index contributed by atoms with van der Waals surface area (Å²) in [5.41, 5.74) is 6.58. The van der Waals surface area contributed by atoms with Crippen molar-refractivity contribution in [3.63, 3.8) is 0 Å². The number of hydrogen-bond donors (Lipinski definition) is 2. The van der Waals surface area contributed by atoms with Gasteiger partial charge in [0.25, 0.3) is 15.9 Å². The van der Waals surface area contributed by atoms with Crippen LogP contribution in [0.2, 0.25) is 0 Å². The fourth-order valence-corrected chi connectivity index (χ4v) is 5.55. The highest BCUT2D eigenvalue weighted by molar-refractivity contribution is 7.90. The second-order valence-electron chi connectivity index (χ2n) is 10.2. The van der Waals surface area contributed by atoms with E-state index in [0.717, 1.165) is 6.42 Å². The molecule has 1 unspecified atom stereocenters. The van der Waals surface area contributed by atoms with Crippen LogP contribution in [0.4, 0.5) is 11.6 Å². The summed E-state index contributed by atoms with van der Waals surface area (Å²) in [7, 11) is -4.26. The Morgan fingerprint density at radius 1 is 1.11 bits per heavy atom. The fraction of sp³-hybridized carbons (Fsp3) is 0.385. The van der Waals surface area contributed by atoms with Crippen LogP contribution in [0.1, 0.15) is 52.8 Å². The van der Waals surface area contributed by atoms with Crippen LogP contribution in [0.25, 0.3) is 11.4 Å². The van der Waals surface area contributed by atoms with Crippen LogP contribution >= 0.6 is 0 Å². The first-order valence-corrected chi connectivity index (χ1v) is 13.6. The lowest BCUT2D eigenvalue weighted by molar-refractivity contribution is 0.0981. The molecule has 1 aliphatic rings. The first-order valence-electron chi connectivity index (χ1n) is 12.1. The van der Waals surface area contributed by atoms with Crippen molar-refractivity contribution >= 4 is 27.6 Å². The molecule has 1 aliphatic heterocycles. The lowest BCUT2D eigenvalue weighted by Crippen LogP contribution is -2.41. The number of ether oxygens (including phenoxy) is 1. The van der Waals surface area contributed by atoms with Gasteiger partial charge in [0.15, 0.2) is 5.03 Å². The molecule has 0 bridgehead atoms. The average Bonchev–Trinajstić information content (AvgIpc) is 3.09. The summed E-state index contributed by atoms with van der Waals surface area (Å²) in [6, 6.07) is 12.8. The van der Waals surface area contributed by atoms with E-state index < -0.39 is 15.9 Å². The van der Waals surface area contributed by atoms with Gasteiger partial charge >= 0.3 is 0 Å². The third-order valence-electron chi connectivity index (χ3n) is 6.04. The lowest BCUT2D eigenvalue weighted by atomic mass is 9.97. The van der Waals surface area contributed by atoms with Crippen LogP contribution in [0.15, 0.2) is 53.6 Å². The quantitative estimate of drug-likeness (QED) is 0.469. The normalized spacial score (nSPS) is 17.1. The van der Waals surface area contributed by atoms with Gasteiger partial charge in [-0.05, 0) is 70.4 Å². The second-order valence-corrected chi connectivity index (χ2v) is 11.8. The van der Waals surface area contributed by atoms with Crippen molar-refractivity contribution in [2.75, 3.05) is 17.2 Å². The number of amides is 1. The van der Waals surface area contributed by atoms with E-state index in [4.69, 9.17) is 15.5 Å². The van der Waals surface area contributed by atoms with Crippen molar-refractivity contribution < 1.29 is 19.4 Å². The Bertz CT molecular complexity index is 1430. The maximum absolute atomic E-state index is 13.4. The van der Waals surface area contributed by atoms with Crippen molar-refractivity contribution in [2.45, 2.75) is 57.7 Å². The minimum absolute atomic E-state index is 0. The standard InChI is InChI=1S/C26H32N6O4S.H2/c1-16(2)36-22-10-6-8-19(28-22)20-13-12-18(24(29-20)32-15-17(3)14-26(32,4)5)25(33)31-37(34,35)23-11-7-9-21(27)30-23;/h6-13,16-17H,14-15H2,1-5H3,(H2,27,30)(H,31,33);1H. The molecule has 4 heterocycles. The first-order chi connectivity index (χ1) is 17.4. The van der Waals surface area contributed by atoms with Gasteiger partial charge in [0.05, 0.1) is 23.1 Å². The summed E-state index contributed by atoms with van der Waals surface area (Å²) in [5, 5.41) is -0.340. The van der Waals surface area contributed by atoms with Crippen LogP contribution < -0.4 is 20.1 Å². The van der Waals surface area contributed by atoms with E-state index in [0.29, 0.717) is 35.5 Å². The number of nitrogen functional groups attached to an aromatic ring is 1. The fourth-order valence-electron chi connectivity index (χ4n) is 4.61. The molecule has 0 radical (unpaired) electrons. The second kappa shape index (κ2) is 9.97. The summed E-state index contributed by atoms with van der Waals surface area (Å²) in [6.07, 6.45) is 0.849. The number of nitrogens with two attached hydrogens (primary N) is 1. The number of rotatable bonds is 7. The van der Waals surface area contributed by atoms with E-state index >= 15 is 0 Å². The van der Waals surface area contributed by atoms with Gasteiger partial charge in [-0.3, -0.25) is 4.79 Å². The largest absolute Gasteiger partial charge is 0.475 e. The van der Waals surface area contributed by atoms with Gasteiger partial charge in [-0.15, -0.1) is 0 Å². The maximum atomic E-state index is 13.4. The molecule has 1 atom stereocenters. The predicted octanol–water partition coefficient (Wildman–Crippen LogP) is 3.90. The number of sulfonamides is 1. The smallest absolute Gasteiger partial charge is 0.281 e. The number of hydrogen-bond acceptors (Lipinski definition) is 9. The highest BCUT2D eigenvalue weighted by Gasteiger charge is 2.39. The van der Waals surface area contributed by atoms with E-state index in [1.807, 2.05) is 26.0 Å². The van der Waals surface area contributed by atoms with E-state index in [9.17, 15) is 13.2 Å². The molecule has 37 heavy (non-hydrogen) atoms. The number of carbonyl (C=O) groups is 1. The van der Waals surface area contributed by atoms with Crippen molar-refractivity contribution in [1.29, 1.82) is 0 Å². The minimum atomic E-state index is -4.26. The molecule has 0 saturated carbocycles. The number of pyridine rings is 3. The Hall–Kier alpha value is -3.73. The predicted molar refractivity (Wildman–Crippen MR) is 144 cm³/mol. The molecule has 3 aromatic heterocycles. The van der Waals surface area contributed by atoms with Crippen molar-refractivity contribution in [2.24, 2.45) is 5.92 Å². The molecule has 11 heteroatoms. The van der Waals surface area contributed by atoms with Gasteiger partial charge in [0, 0.05) is 19.6 Å². The Morgan fingerprint density at radius 2 is 1.81 bits per heavy atom. The molecule has 1 amide bonds. The monoisotopic (exact) mass is 526 g/mol. The van der Waals surface area contributed by atoms with E-state index in [-0.39, 0.29) is 29.5 Å². The molecule has 4 rings (SSSR count). The SMILES string of the molecule is CC1CN(c2nc(-c3cccc(OC(C)C)n3)ccc2C(=O)NS(=O)(=O)c2cccc(N)n2)C(C)(C)C1.[HH]. The molecule has 3 N–H and O–H groups in total. The third-order valence-corrected chi connectivity index (χ3v) is 7.27. The van der Waals surface area contributed by atoms with Crippen molar-refractivity contribution in [3.8, 4) is 17.3 Å². The highest BCUT2D eigenvalue weighted by atomic mass is 32.2. The van der Waals surface area contributed by atoms with Crippen molar-refractivity contribution in [3.05, 3.63) is 54.1 Å².